The Hall–Kier alpha value is -2.57. The molecule has 0 bridgehead atoms. The van der Waals surface area contributed by atoms with Gasteiger partial charge in [-0.3, -0.25) is 9.59 Å². The number of hydrogen-bond acceptors (Lipinski definition) is 5. The molecule has 0 saturated carbocycles. The van der Waals surface area contributed by atoms with Gasteiger partial charge in [0.05, 0.1) is 5.57 Å². The molecule has 1 unspecified atom stereocenters. The Morgan fingerprint density at radius 2 is 1.86 bits per heavy atom. The lowest BCUT2D eigenvalue weighted by Crippen LogP contribution is -2.32. The highest BCUT2D eigenvalue weighted by molar-refractivity contribution is 6.46. The number of nitrogens with zero attached hydrogens (tertiary/aromatic N) is 2. The Balaban J connectivity index is 2.05. The minimum Gasteiger partial charge on any atom is -0.507 e. The first-order chi connectivity index (χ1) is 13.3. The molecule has 1 atom stereocenters. The molecule has 2 heterocycles. The number of aliphatic hydroxyl groups is 1. The van der Waals surface area contributed by atoms with Crippen molar-refractivity contribution in [3.05, 3.63) is 64.1 Å². The van der Waals surface area contributed by atoms with E-state index in [0.717, 1.165) is 6.54 Å². The summed E-state index contributed by atoms with van der Waals surface area (Å²) in [5.41, 5.74) is 0.454. The maximum absolute atomic E-state index is 12.8. The zero-order chi connectivity index (χ0) is 20.4. The van der Waals surface area contributed by atoms with Gasteiger partial charge in [-0.25, -0.2) is 0 Å². The zero-order valence-electron chi connectivity index (χ0n) is 16.1. The van der Waals surface area contributed by atoms with E-state index in [2.05, 4.69) is 0 Å². The third-order valence-electron chi connectivity index (χ3n) is 4.69. The van der Waals surface area contributed by atoms with Crippen LogP contribution in [0.15, 0.2) is 46.4 Å². The summed E-state index contributed by atoms with van der Waals surface area (Å²) in [6.45, 7) is 2.94. The third-order valence-corrected chi connectivity index (χ3v) is 4.94. The monoisotopic (exact) mass is 402 g/mol. The number of benzene rings is 1. The minimum atomic E-state index is -0.758. The van der Waals surface area contributed by atoms with Crippen molar-refractivity contribution in [2.75, 3.05) is 27.2 Å². The summed E-state index contributed by atoms with van der Waals surface area (Å²) < 4.78 is 5.73. The van der Waals surface area contributed by atoms with Crippen LogP contribution in [0.1, 0.15) is 29.5 Å². The molecular formula is C21H23ClN2O4. The fourth-order valence-electron chi connectivity index (χ4n) is 3.33. The maximum Gasteiger partial charge on any atom is 0.295 e. The van der Waals surface area contributed by atoms with Crippen LogP contribution in [0.4, 0.5) is 0 Å². The van der Waals surface area contributed by atoms with Gasteiger partial charge >= 0.3 is 0 Å². The van der Waals surface area contributed by atoms with Crippen molar-refractivity contribution in [2.45, 2.75) is 19.4 Å². The molecule has 1 N–H and O–H groups in total. The molecule has 6 nitrogen and oxygen atoms in total. The standard InChI is InChI=1S/C21H23ClN2O4/c1-13-5-10-16(28-13)18-17(19(25)14-6-8-15(22)9-7-14)20(26)21(27)24(18)12-4-11-23(2)3/h5-10,18,25H,4,11-12H2,1-3H3. The Morgan fingerprint density at radius 1 is 1.18 bits per heavy atom. The fraction of sp³-hybridized carbons (Fsp3) is 0.333. The predicted molar refractivity (Wildman–Crippen MR) is 107 cm³/mol. The van der Waals surface area contributed by atoms with Crippen LogP contribution in [0, 0.1) is 6.92 Å². The number of halogens is 1. The summed E-state index contributed by atoms with van der Waals surface area (Å²) in [6.07, 6.45) is 0.692. The van der Waals surface area contributed by atoms with E-state index in [-0.39, 0.29) is 11.3 Å². The van der Waals surface area contributed by atoms with Gasteiger partial charge in [-0.1, -0.05) is 11.6 Å². The predicted octanol–water partition coefficient (Wildman–Crippen LogP) is 3.61. The van der Waals surface area contributed by atoms with Crippen LogP contribution in [0.3, 0.4) is 0 Å². The molecule has 1 aliphatic rings. The number of likely N-dealkylation sites (tertiary alicyclic amines) is 1. The van der Waals surface area contributed by atoms with Crippen molar-refractivity contribution in [1.82, 2.24) is 9.80 Å². The molecule has 28 heavy (non-hydrogen) atoms. The van der Waals surface area contributed by atoms with Gasteiger partial charge in [0.15, 0.2) is 0 Å². The molecule has 7 heteroatoms. The SMILES string of the molecule is Cc1ccc(C2C(=C(O)c3ccc(Cl)cc3)C(=O)C(=O)N2CCCN(C)C)o1. The second kappa shape index (κ2) is 8.20. The average molecular weight is 403 g/mol. The van der Waals surface area contributed by atoms with Crippen molar-refractivity contribution < 1.29 is 19.1 Å². The number of hydrogen-bond donors (Lipinski definition) is 1. The zero-order valence-corrected chi connectivity index (χ0v) is 16.9. The molecule has 1 aliphatic heterocycles. The van der Waals surface area contributed by atoms with Gasteiger partial charge in [0.25, 0.3) is 11.7 Å². The van der Waals surface area contributed by atoms with Gasteiger partial charge < -0.3 is 19.3 Å². The fourth-order valence-corrected chi connectivity index (χ4v) is 3.45. The molecule has 1 amide bonds. The topological polar surface area (TPSA) is 74.0 Å². The first kappa shape index (κ1) is 20.2. The van der Waals surface area contributed by atoms with Crippen molar-refractivity contribution >= 4 is 29.1 Å². The lowest BCUT2D eigenvalue weighted by molar-refractivity contribution is -0.140. The van der Waals surface area contributed by atoms with E-state index < -0.39 is 17.7 Å². The van der Waals surface area contributed by atoms with Gasteiger partial charge in [0, 0.05) is 17.1 Å². The minimum absolute atomic E-state index is 0.0338. The van der Waals surface area contributed by atoms with Crippen molar-refractivity contribution in [2.24, 2.45) is 0 Å². The van der Waals surface area contributed by atoms with Crippen LogP contribution in [-0.2, 0) is 9.59 Å². The number of aryl methyl sites for hydroxylation is 1. The highest BCUT2D eigenvalue weighted by atomic mass is 35.5. The molecule has 2 aromatic rings. The normalized spacial score (nSPS) is 19.0. The molecule has 3 rings (SSSR count). The second-order valence-corrected chi connectivity index (χ2v) is 7.54. The van der Waals surface area contributed by atoms with E-state index in [1.54, 1.807) is 43.3 Å². The van der Waals surface area contributed by atoms with Crippen LogP contribution in [0.5, 0.6) is 0 Å². The summed E-state index contributed by atoms with van der Waals surface area (Å²) in [6, 6.07) is 9.22. The van der Waals surface area contributed by atoms with Crippen LogP contribution in [-0.4, -0.2) is 53.8 Å². The van der Waals surface area contributed by atoms with Crippen molar-refractivity contribution in [3.8, 4) is 0 Å². The van der Waals surface area contributed by atoms with Crippen LogP contribution in [0.25, 0.3) is 5.76 Å². The quantitative estimate of drug-likeness (QED) is 0.454. The molecule has 1 saturated heterocycles. The van der Waals surface area contributed by atoms with Crippen LogP contribution < -0.4 is 0 Å². The van der Waals surface area contributed by atoms with Gasteiger partial charge in [0.2, 0.25) is 0 Å². The number of ketones is 1. The largest absolute Gasteiger partial charge is 0.507 e. The van der Waals surface area contributed by atoms with Gasteiger partial charge in [0.1, 0.15) is 23.3 Å². The summed E-state index contributed by atoms with van der Waals surface area (Å²) in [5, 5.41) is 11.4. The molecule has 1 aromatic heterocycles. The number of aliphatic hydroxyl groups excluding tert-OH is 1. The lowest BCUT2D eigenvalue weighted by atomic mass is 9.99. The molecule has 0 spiro atoms. The second-order valence-electron chi connectivity index (χ2n) is 7.10. The number of rotatable bonds is 6. The lowest BCUT2D eigenvalue weighted by Gasteiger charge is -2.24. The first-order valence-electron chi connectivity index (χ1n) is 9.05. The van der Waals surface area contributed by atoms with Crippen LogP contribution >= 0.6 is 11.6 Å². The molecular weight excluding hydrogens is 380 g/mol. The molecule has 0 aliphatic carbocycles. The molecule has 0 radical (unpaired) electrons. The number of Topliss-reactive ketones (excluding diaryl/α,β-unsaturated/α-hetero) is 1. The number of carbonyl (C=O) groups is 2. The average Bonchev–Trinajstić information content (AvgIpc) is 3.18. The number of amides is 1. The van der Waals surface area contributed by atoms with E-state index in [1.807, 2.05) is 19.0 Å². The molecule has 1 aromatic carbocycles. The molecule has 148 valence electrons. The Labute approximate surface area is 169 Å². The van der Waals surface area contributed by atoms with Gasteiger partial charge in [-0.05, 0) is 70.4 Å². The van der Waals surface area contributed by atoms with Gasteiger partial charge in [-0.2, -0.15) is 0 Å². The third kappa shape index (κ3) is 3.98. The smallest absolute Gasteiger partial charge is 0.295 e. The van der Waals surface area contributed by atoms with E-state index in [9.17, 15) is 14.7 Å². The van der Waals surface area contributed by atoms with E-state index >= 15 is 0 Å². The highest BCUT2D eigenvalue weighted by Crippen LogP contribution is 2.40. The summed E-state index contributed by atoms with van der Waals surface area (Å²) in [5.74, 6) is -0.453. The van der Waals surface area contributed by atoms with Crippen molar-refractivity contribution in [3.63, 3.8) is 0 Å². The van der Waals surface area contributed by atoms with E-state index in [0.29, 0.717) is 35.1 Å². The highest BCUT2D eigenvalue weighted by Gasteiger charge is 2.47. The summed E-state index contributed by atoms with van der Waals surface area (Å²) in [7, 11) is 3.89. The van der Waals surface area contributed by atoms with Crippen LogP contribution in [0.2, 0.25) is 5.02 Å². The Kier molecular flexibility index (Phi) is 5.91. The van der Waals surface area contributed by atoms with Gasteiger partial charge in [-0.15, -0.1) is 0 Å². The van der Waals surface area contributed by atoms with E-state index in [1.165, 1.54) is 4.90 Å². The number of carbonyl (C=O) groups excluding carboxylic acids is 2. The summed E-state index contributed by atoms with van der Waals surface area (Å²) in [4.78, 5) is 29.0. The first-order valence-corrected chi connectivity index (χ1v) is 9.43. The summed E-state index contributed by atoms with van der Waals surface area (Å²) >= 11 is 5.92. The van der Waals surface area contributed by atoms with Crippen molar-refractivity contribution in [1.29, 1.82) is 0 Å². The number of furan rings is 1. The molecule has 1 fully saturated rings. The Bertz CT molecular complexity index is 915. The maximum atomic E-state index is 12.8. The van der Waals surface area contributed by atoms with E-state index in [4.69, 9.17) is 16.0 Å². The Morgan fingerprint density at radius 3 is 2.43 bits per heavy atom.